The van der Waals surface area contributed by atoms with Gasteiger partial charge in [0.2, 0.25) is 0 Å². The fourth-order valence-corrected chi connectivity index (χ4v) is 4.99. The molecule has 0 unspecified atom stereocenters. The zero-order chi connectivity index (χ0) is 22.1. The molecule has 0 spiro atoms. The van der Waals surface area contributed by atoms with Crippen LogP contribution in [0.2, 0.25) is 0 Å². The van der Waals surface area contributed by atoms with Gasteiger partial charge in [0, 0.05) is 17.5 Å². The molecule has 0 radical (unpaired) electrons. The molecule has 0 aliphatic carbocycles. The molecule has 0 aliphatic heterocycles. The third-order valence-corrected chi connectivity index (χ3v) is 6.52. The molecule has 0 saturated heterocycles. The Morgan fingerprint density at radius 1 is 0.750 bits per heavy atom. The Bertz CT molecular complexity index is 1300. The minimum absolute atomic E-state index is 0.0553. The van der Waals surface area contributed by atoms with Crippen molar-refractivity contribution in [1.82, 2.24) is 9.78 Å². The van der Waals surface area contributed by atoms with Crippen LogP contribution in [0.1, 0.15) is 16.7 Å². The number of aromatic nitrogens is 2. The maximum atomic E-state index is 11.4. The van der Waals surface area contributed by atoms with Gasteiger partial charge in [-0.15, -0.1) is 0 Å². The van der Waals surface area contributed by atoms with Crippen LogP contribution in [0, 0.1) is 13.8 Å². The lowest BCUT2D eigenvalue weighted by molar-refractivity contribution is -0.384. The molecule has 156 valence electrons. The minimum atomic E-state index is -0.762. The Morgan fingerprint density at radius 2 is 1.22 bits per heavy atom. The van der Waals surface area contributed by atoms with E-state index in [2.05, 4.69) is 59.0 Å². The van der Waals surface area contributed by atoms with E-state index in [0.29, 0.717) is 3.70 Å². The van der Waals surface area contributed by atoms with Gasteiger partial charge in [-0.25, -0.2) is 4.68 Å². The zero-order valence-electron chi connectivity index (χ0n) is 16.9. The molecule has 4 aromatic carbocycles. The van der Waals surface area contributed by atoms with Crippen LogP contribution in [-0.4, -0.2) is 14.7 Å². The summed E-state index contributed by atoms with van der Waals surface area (Å²) >= 11 is 2.16. The molecule has 0 fully saturated rings. The number of nitrogens with zero attached hydrogens (tertiary/aromatic N) is 3. The molecule has 0 bridgehead atoms. The second-order valence-electron chi connectivity index (χ2n) is 7.47. The highest BCUT2D eigenvalue weighted by Gasteiger charge is 2.40. The molecule has 0 aliphatic rings. The van der Waals surface area contributed by atoms with Crippen LogP contribution in [-0.2, 0) is 5.54 Å². The van der Waals surface area contributed by atoms with E-state index in [9.17, 15) is 10.1 Å². The first-order valence-corrected chi connectivity index (χ1v) is 11.2. The summed E-state index contributed by atoms with van der Waals surface area (Å²) < 4.78 is 2.72. The minimum Gasteiger partial charge on any atom is -0.258 e. The Labute approximate surface area is 198 Å². The van der Waals surface area contributed by atoms with Crippen LogP contribution in [0.25, 0.3) is 10.9 Å². The summed E-state index contributed by atoms with van der Waals surface area (Å²) in [6.45, 7) is 0. The first-order valence-electron chi connectivity index (χ1n) is 10.1. The number of halogens is 1. The summed E-state index contributed by atoms with van der Waals surface area (Å²) in [6.07, 6.45) is 0. The van der Waals surface area contributed by atoms with Gasteiger partial charge in [-0.05, 0) is 45.3 Å². The number of benzene rings is 4. The molecule has 0 atom stereocenters. The molecule has 1 aromatic heterocycles. The van der Waals surface area contributed by atoms with Crippen LogP contribution >= 0.6 is 22.6 Å². The van der Waals surface area contributed by atoms with Crippen molar-refractivity contribution < 1.29 is 4.92 Å². The van der Waals surface area contributed by atoms with Crippen molar-refractivity contribution in [3.8, 4) is 0 Å². The van der Waals surface area contributed by atoms with Gasteiger partial charge in [-0.1, -0.05) is 91.0 Å². The quantitative estimate of drug-likeness (QED) is 0.114. The van der Waals surface area contributed by atoms with E-state index in [1.54, 1.807) is 18.2 Å². The van der Waals surface area contributed by atoms with Crippen LogP contribution in [0.3, 0.4) is 0 Å². The fourth-order valence-electron chi connectivity index (χ4n) is 4.34. The monoisotopic (exact) mass is 531 g/mol. The highest BCUT2D eigenvalue weighted by atomic mass is 127. The smallest absolute Gasteiger partial charge is 0.258 e. The summed E-state index contributed by atoms with van der Waals surface area (Å²) in [5.74, 6) is 0. The van der Waals surface area contributed by atoms with Crippen molar-refractivity contribution in [2.24, 2.45) is 0 Å². The van der Waals surface area contributed by atoms with Gasteiger partial charge in [-0.3, -0.25) is 10.1 Å². The molecular weight excluding hydrogens is 513 g/mol. The SMILES string of the molecule is O=[N+]([O-])c1ccc2c(c1)c(I)nn2C(c1ccccc1)(c1ccccc1)c1ccccc1. The van der Waals surface area contributed by atoms with E-state index >= 15 is 0 Å². The Hall–Kier alpha value is -3.52. The van der Waals surface area contributed by atoms with E-state index in [1.165, 1.54) is 0 Å². The number of hydrogen-bond acceptors (Lipinski definition) is 3. The van der Waals surface area contributed by atoms with Crippen molar-refractivity contribution in [1.29, 1.82) is 0 Å². The molecule has 5 rings (SSSR count). The van der Waals surface area contributed by atoms with Crippen molar-refractivity contribution in [2.45, 2.75) is 5.54 Å². The number of rotatable bonds is 5. The van der Waals surface area contributed by atoms with Crippen molar-refractivity contribution in [3.63, 3.8) is 0 Å². The Kier molecular flexibility index (Phi) is 5.22. The Balaban J connectivity index is 1.95. The van der Waals surface area contributed by atoms with E-state index in [1.807, 2.05) is 59.3 Å². The van der Waals surface area contributed by atoms with Gasteiger partial charge in [0.25, 0.3) is 5.69 Å². The van der Waals surface area contributed by atoms with E-state index in [0.717, 1.165) is 27.6 Å². The van der Waals surface area contributed by atoms with Crippen LogP contribution < -0.4 is 0 Å². The molecular formula is C26H18IN3O2. The third kappa shape index (κ3) is 3.18. The predicted octanol–water partition coefficient (Wildman–Crippen LogP) is 6.39. The Morgan fingerprint density at radius 3 is 1.66 bits per heavy atom. The second-order valence-corrected chi connectivity index (χ2v) is 8.49. The molecule has 1 heterocycles. The number of nitro groups is 1. The number of non-ortho nitro benzene ring substituents is 1. The number of hydrogen-bond donors (Lipinski definition) is 0. The average molecular weight is 531 g/mol. The highest BCUT2D eigenvalue weighted by molar-refractivity contribution is 14.1. The topological polar surface area (TPSA) is 61.0 Å². The largest absolute Gasteiger partial charge is 0.270 e. The van der Waals surface area contributed by atoms with Crippen molar-refractivity contribution >= 4 is 39.2 Å². The summed E-state index contributed by atoms with van der Waals surface area (Å²) in [4.78, 5) is 11.0. The molecule has 0 amide bonds. The van der Waals surface area contributed by atoms with E-state index < -0.39 is 5.54 Å². The second kappa shape index (κ2) is 8.20. The lowest BCUT2D eigenvalue weighted by Gasteiger charge is -2.37. The summed E-state index contributed by atoms with van der Waals surface area (Å²) in [5.41, 5.74) is 3.28. The zero-order valence-corrected chi connectivity index (χ0v) is 19.1. The molecule has 6 heteroatoms. The molecule has 32 heavy (non-hydrogen) atoms. The molecule has 5 nitrogen and oxygen atoms in total. The number of nitro benzene ring substituents is 1. The van der Waals surface area contributed by atoms with E-state index in [-0.39, 0.29) is 10.6 Å². The van der Waals surface area contributed by atoms with Gasteiger partial charge in [0.15, 0.2) is 0 Å². The van der Waals surface area contributed by atoms with Crippen LogP contribution in [0.5, 0.6) is 0 Å². The summed E-state index contributed by atoms with van der Waals surface area (Å²) in [6, 6.07) is 35.7. The standard InChI is InChI=1S/C26H18IN3O2/c27-25-23-18-22(30(31)32)16-17-24(23)29(28-25)26(19-10-4-1-5-11-19,20-12-6-2-7-13-20)21-14-8-3-9-15-21/h1-18H. The average Bonchev–Trinajstić information content (AvgIpc) is 3.18. The van der Waals surface area contributed by atoms with Gasteiger partial charge in [0.1, 0.15) is 9.24 Å². The normalized spacial score (nSPS) is 11.5. The molecule has 0 N–H and O–H groups in total. The van der Waals surface area contributed by atoms with Gasteiger partial charge < -0.3 is 0 Å². The number of fused-ring (bicyclic) bond motifs is 1. The lowest BCUT2D eigenvalue weighted by Crippen LogP contribution is -2.38. The summed E-state index contributed by atoms with van der Waals surface area (Å²) in [7, 11) is 0. The lowest BCUT2D eigenvalue weighted by atomic mass is 9.77. The third-order valence-electron chi connectivity index (χ3n) is 5.72. The maximum absolute atomic E-state index is 11.4. The van der Waals surface area contributed by atoms with Crippen molar-refractivity contribution in [2.75, 3.05) is 0 Å². The maximum Gasteiger partial charge on any atom is 0.270 e. The molecule has 5 aromatic rings. The van der Waals surface area contributed by atoms with Gasteiger partial charge >= 0.3 is 0 Å². The van der Waals surface area contributed by atoms with E-state index in [4.69, 9.17) is 5.10 Å². The first-order chi connectivity index (χ1) is 15.6. The van der Waals surface area contributed by atoms with Crippen LogP contribution in [0.4, 0.5) is 5.69 Å². The fraction of sp³-hybridized carbons (Fsp3) is 0.0385. The first kappa shape index (κ1) is 20.4. The van der Waals surface area contributed by atoms with Crippen molar-refractivity contribution in [3.05, 3.63) is 140 Å². The van der Waals surface area contributed by atoms with Crippen LogP contribution in [0.15, 0.2) is 109 Å². The van der Waals surface area contributed by atoms with Gasteiger partial charge in [-0.2, -0.15) is 5.10 Å². The van der Waals surface area contributed by atoms with Gasteiger partial charge in [0.05, 0.1) is 10.4 Å². The summed E-state index contributed by atoms with van der Waals surface area (Å²) in [5, 5.41) is 17.1. The predicted molar refractivity (Wildman–Crippen MR) is 134 cm³/mol. The highest BCUT2D eigenvalue weighted by Crippen LogP contribution is 2.43. The molecule has 0 saturated carbocycles.